The summed E-state index contributed by atoms with van der Waals surface area (Å²) < 4.78 is 1.81. The standard InChI is InChI=1S/C17H13N7OS2/c1-8-7-12(18-9(2)25)26-13(8)15-21-22-17-24(15)23-14-16(27-17)20-11-6-4-3-5-10(11)19-14/h3-7H,1-2H3,(H,18,25)(H,19,23). The number of benzene rings is 1. The molecular weight excluding hydrogens is 382 g/mol. The van der Waals surface area contributed by atoms with Gasteiger partial charge < -0.3 is 5.32 Å². The average Bonchev–Trinajstić information content (AvgIpc) is 3.19. The van der Waals surface area contributed by atoms with E-state index < -0.39 is 0 Å². The molecule has 134 valence electrons. The van der Waals surface area contributed by atoms with E-state index in [0.29, 0.717) is 16.8 Å². The lowest BCUT2D eigenvalue weighted by Crippen LogP contribution is -2.18. The van der Waals surface area contributed by atoms with E-state index in [1.54, 1.807) is 0 Å². The third kappa shape index (κ3) is 2.73. The Labute approximate surface area is 162 Å². The van der Waals surface area contributed by atoms with E-state index >= 15 is 0 Å². The summed E-state index contributed by atoms with van der Waals surface area (Å²) in [5.74, 6) is 1.25. The number of thiophene rings is 1. The molecule has 5 rings (SSSR count). The van der Waals surface area contributed by atoms with Crippen LogP contribution in [-0.4, -0.2) is 30.7 Å². The number of aryl methyl sites for hydroxylation is 1. The van der Waals surface area contributed by atoms with Gasteiger partial charge in [0.05, 0.1) is 20.9 Å². The van der Waals surface area contributed by atoms with Crippen LogP contribution < -0.4 is 10.7 Å². The van der Waals surface area contributed by atoms with Crippen LogP contribution in [0.15, 0.2) is 40.5 Å². The minimum atomic E-state index is -0.101. The first kappa shape index (κ1) is 16.2. The fourth-order valence-corrected chi connectivity index (χ4v) is 4.75. The minimum Gasteiger partial charge on any atom is -0.318 e. The van der Waals surface area contributed by atoms with Gasteiger partial charge in [0.1, 0.15) is 5.03 Å². The molecule has 0 unspecified atom stereocenters. The van der Waals surface area contributed by atoms with Crippen molar-refractivity contribution >= 4 is 50.9 Å². The highest BCUT2D eigenvalue weighted by Crippen LogP contribution is 2.40. The fourth-order valence-electron chi connectivity index (χ4n) is 2.84. The minimum absolute atomic E-state index is 0.101. The highest BCUT2D eigenvalue weighted by Gasteiger charge is 2.26. The molecular formula is C17H13N7OS2. The van der Waals surface area contributed by atoms with Crippen molar-refractivity contribution in [2.75, 3.05) is 10.7 Å². The van der Waals surface area contributed by atoms with Crippen molar-refractivity contribution in [3.05, 3.63) is 35.9 Å². The lowest BCUT2D eigenvalue weighted by Gasteiger charge is -2.18. The number of amides is 1. The third-order valence-electron chi connectivity index (χ3n) is 4.00. The molecule has 0 saturated heterocycles. The molecule has 4 aromatic rings. The third-order valence-corrected chi connectivity index (χ3v) is 6.07. The van der Waals surface area contributed by atoms with Gasteiger partial charge in [0.2, 0.25) is 11.1 Å². The number of hydrogen-bond donors (Lipinski definition) is 2. The summed E-state index contributed by atoms with van der Waals surface area (Å²) in [6.45, 7) is 3.47. The SMILES string of the molecule is CC(=O)Nc1cc(C)c(-c2nnc3n2Nc2nc4ccccc4nc2S3)s1. The Morgan fingerprint density at radius 2 is 1.96 bits per heavy atom. The fraction of sp³-hybridized carbons (Fsp3) is 0.118. The number of nitrogens with zero attached hydrogens (tertiary/aromatic N) is 5. The molecule has 10 heteroatoms. The van der Waals surface area contributed by atoms with Gasteiger partial charge in [-0.05, 0) is 42.4 Å². The molecule has 0 atom stereocenters. The number of fused-ring (bicyclic) bond motifs is 3. The number of nitrogens with one attached hydrogen (secondary N) is 2. The van der Waals surface area contributed by atoms with E-state index in [2.05, 4.69) is 30.9 Å². The molecule has 1 aromatic carbocycles. The van der Waals surface area contributed by atoms with E-state index in [-0.39, 0.29) is 5.91 Å². The van der Waals surface area contributed by atoms with E-state index in [4.69, 9.17) is 0 Å². The Kier molecular flexibility index (Phi) is 3.62. The molecule has 8 nitrogen and oxygen atoms in total. The molecule has 0 radical (unpaired) electrons. The molecule has 0 saturated carbocycles. The molecule has 0 aliphatic carbocycles. The van der Waals surface area contributed by atoms with Gasteiger partial charge in [-0.15, -0.1) is 21.5 Å². The van der Waals surface area contributed by atoms with Crippen molar-refractivity contribution in [3.8, 4) is 10.7 Å². The van der Waals surface area contributed by atoms with E-state index in [0.717, 1.165) is 31.5 Å². The monoisotopic (exact) mass is 395 g/mol. The number of hydrogen-bond acceptors (Lipinski definition) is 8. The van der Waals surface area contributed by atoms with Crippen LogP contribution in [0.5, 0.6) is 0 Å². The number of carbonyl (C=O) groups excluding carboxylic acids is 1. The Morgan fingerprint density at radius 1 is 1.19 bits per heavy atom. The number of carbonyl (C=O) groups is 1. The molecule has 3 aromatic heterocycles. The summed E-state index contributed by atoms with van der Waals surface area (Å²) in [4.78, 5) is 21.6. The first-order chi connectivity index (χ1) is 13.1. The van der Waals surface area contributed by atoms with Crippen molar-refractivity contribution < 1.29 is 4.79 Å². The molecule has 1 amide bonds. The van der Waals surface area contributed by atoms with Crippen LogP contribution in [0, 0.1) is 6.92 Å². The highest BCUT2D eigenvalue weighted by atomic mass is 32.2. The summed E-state index contributed by atoms with van der Waals surface area (Å²) in [6, 6.07) is 9.68. The van der Waals surface area contributed by atoms with Crippen LogP contribution in [-0.2, 0) is 4.79 Å². The zero-order valence-corrected chi connectivity index (χ0v) is 16.0. The second-order valence-corrected chi connectivity index (χ2v) is 8.03. The number of aromatic nitrogens is 5. The maximum Gasteiger partial charge on any atom is 0.221 e. The molecule has 0 spiro atoms. The second-order valence-electron chi connectivity index (χ2n) is 6.03. The summed E-state index contributed by atoms with van der Waals surface area (Å²) in [5, 5.41) is 13.7. The molecule has 0 bridgehead atoms. The van der Waals surface area contributed by atoms with Crippen molar-refractivity contribution in [3.63, 3.8) is 0 Å². The zero-order chi connectivity index (χ0) is 18.5. The number of rotatable bonds is 2. The Bertz CT molecular complexity index is 1210. The van der Waals surface area contributed by atoms with Gasteiger partial charge in [0.25, 0.3) is 0 Å². The smallest absolute Gasteiger partial charge is 0.221 e. The topological polar surface area (TPSA) is 97.6 Å². The maximum atomic E-state index is 11.3. The second kappa shape index (κ2) is 6.03. The van der Waals surface area contributed by atoms with Crippen LogP contribution in [0.1, 0.15) is 12.5 Å². The predicted molar refractivity (Wildman–Crippen MR) is 105 cm³/mol. The molecule has 0 fully saturated rings. The summed E-state index contributed by atoms with van der Waals surface area (Å²) in [7, 11) is 0. The van der Waals surface area contributed by atoms with Gasteiger partial charge in [0.15, 0.2) is 11.6 Å². The van der Waals surface area contributed by atoms with Crippen LogP contribution in [0.4, 0.5) is 10.8 Å². The average molecular weight is 395 g/mol. The van der Waals surface area contributed by atoms with Crippen molar-refractivity contribution in [1.29, 1.82) is 0 Å². The lowest BCUT2D eigenvalue weighted by molar-refractivity contribution is -0.114. The summed E-state index contributed by atoms with van der Waals surface area (Å²) in [5.41, 5.74) is 5.95. The van der Waals surface area contributed by atoms with Crippen LogP contribution in [0.3, 0.4) is 0 Å². The normalized spacial score (nSPS) is 12.4. The molecule has 1 aliphatic rings. The Morgan fingerprint density at radius 3 is 2.74 bits per heavy atom. The molecule has 2 N–H and O–H groups in total. The quantitative estimate of drug-likeness (QED) is 0.472. The van der Waals surface area contributed by atoms with E-state index in [9.17, 15) is 4.79 Å². The lowest BCUT2D eigenvalue weighted by atomic mass is 10.3. The Balaban J connectivity index is 1.57. The van der Waals surface area contributed by atoms with Crippen molar-refractivity contribution in [2.24, 2.45) is 0 Å². The Hall–Kier alpha value is -2.98. The first-order valence-electron chi connectivity index (χ1n) is 8.14. The van der Waals surface area contributed by atoms with Gasteiger partial charge >= 0.3 is 0 Å². The summed E-state index contributed by atoms with van der Waals surface area (Å²) in [6.07, 6.45) is 0. The van der Waals surface area contributed by atoms with Gasteiger partial charge in [-0.2, -0.15) is 0 Å². The van der Waals surface area contributed by atoms with Crippen LogP contribution in [0.2, 0.25) is 0 Å². The maximum absolute atomic E-state index is 11.3. The van der Waals surface area contributed by atoms with Gasteiger partial charge in [-0.1, -0.05) is 12.1 Å². The number of para-hydroxylation sites is 2. The highest BCUT2D eigenvalue weighted by molar-refractivity contribution is 7.99. The van der Waals surface area contributed by atoms with Gasteiger partial charge in [-0.3, -0.25) is 10.2 Å². The molecule has 27 heavy (non-hydrogen) atoms. The largest absolute Gasteiger partial charge is 0.318 e. The predicted octanol–water partition coefficient (Wildman–Crippen LogP) is 3.56. The first-order valence-corrected chi connectivity index (χ1v) is 9.77. The zero-order valence-electron chi connectivity index (χ0n) is 14.3. The van der Waals surface area contributed by atoms with E-state index in [1.807, 2.05) is 41.9 Å². The van der Waals surface area contributed by atoms with Gasteiger partial charge in [-0.25, -0.2) is 14.6 Å². The molecule has 4 heterocycles. The van der Waals surface area contributed by atoms with Gasteiger partial charge in [0, 0.05) is 6.92 Å². The molecule has 1 aliphatic heterocycles. The van der Waals surface area contributed by atoms with Crippen molar-refractivity contribution in [1.82, 2.24) is 24.8 Å². The van der Waals surface area contributed by atoms with Crippen LogP contribution >= 0.6 is 23.1 Å². The summed E-state index contributed by atoms with van der Waals surface area (Å²) >= 11 is 2.89. The van der Waals surface area contributed by atoms with Crippen LogP contribution in [0.25, 0.3) is 21.7 Å². The number of anilines is 2. The van der Waals surface area contributed by atoms with Crippen molar-refractivity contribution in [2.45, 2.75) is 24.0 Å². The van der Waals surface area contributed by atoms with E-state index in [1.165, 1.54) is 30.0 Å².